The quantitative estimate of drug-likeness (QED) is 0.840. The van der Waals surface area contributed by atoms with E-state index in [4.69, 9.17) is 19.3 Å². The lowest BCUT2D eigenvalue weighted by molar-refractivity contribution is 0.0697. The third-order valence-corrected chi connectivity index (χ3v) is 3.72. The van der Waals surface area contributed by atoms with Gasteiger partial charge in [0.1, 0.15) is 17.2 Å². The smallest absolute Gasteiger partial charge is 0.335 e. The molecule has 0 amide bonds. The first-order valence-corrected chi connectivity index (χ1v) is 7.66. The van der Waals surface area contributed by atoms with Gasteiger partial charge in [-0.25, -0.2) is 4.79 Å². The predicted molar refractivity (Wildman–Crippen MR) is 90.5 cm³/mol. The van der Waals surface area contributed by atoms with Crippen LogP contribution in [0.5, 0.6) is 17.2 Å². The number of ketones is 1. The van der Waals surface area contributed by atoms with Gasteiger partial charge in [-0.2, -0.15) is 0 Å². The fourth-order valence-corrected chi connectivity index (χ4v) is 2.52. The Balaban J connectivity index is 2.00. The largest absolute Gasteiger partial charge is 0.497 e. The maximum atomic E-state index is 12.5. The van der Waals surface area contributed by atoms with Crippen LogP contribution in [0.4, 0.5) is 0 Å². The van der Waals surface area contributed by atoms with E-state index in [0.29, 0.717) is 29.4 Å². The van der Waals surface area contributed by atoms with Crippen molar-refractivity contribution >= 4 is 17.8 Å². The number of aromatic carboxylic acids is 1. The number of hydrogen-bond acceptors (Lipinski definition) is 5. The Morgan fingerprint density at radius 1 is 1.24 bits per heavy atom. The molecule has 6 nitrogen and oxygen atoms in total. The van der Waals surface area contributed by atoms with Crippen LogP contribution in [-0.4, -0.2) is 30.6 Å². The van der Waals surface area contributed by atoms with E-state index in [1.54, 1.807) is 31.4 Å². The van der Waals surface area contributed by atoms with Gasteiger partial charge in [-0.3, -0.25) is 4.79 Å². The van der Waals surface area contributed by atoms with Crippen molar-refractivity contribution in [2.75, 3.05) is 13.7 Å². The van der Waals surface area contributed by atoms with Crippen LogP contribution >= 0.6 is 0 Å². The van der Waals surface area contributed by atoms with Crippen LogP contribution in [0.2, 0.25) is 0 Å². The first-order valence-electron chi connectivity index (χ1n) is 7.66. The number of Topliss-reactive ketones (excluding diaryl/α,β-unsaturated/α-hetero) is 1. The summed E-state index contributed by atoms with van der Waals surface area (Å²) in [6.45, 7) is 2.33. The highest BCUT2D eigenvalue weighted by Crippen LogP contribution is 2.34. The Morgan fingerprint density at radius 2 is 2.04 bits per heavy atom. The molecule has 0 aliphatic carbocycles. The van der Waals surface area contributed by atoms with Crippen molar-refractivity contribution in [1.29, 1.82) is 0 Å². The number of allylic oxidation sites excluding steroid dienone is 1. The summed E-state index contributed by atoms with van der Waals surface area (Å²) >= 11 is 0. The fourth-order valence-electron chi connectivity index (χ4n) is 2.52. The second-order valence-corrected chi connectivity index (χ2v) is 5.29. The van der Waals surface area contributed by atoms with Crippen molar-refractivity contribution < 1.29 is 28.9 Å². The molecule has 6 heteroatoms. The van der Waals surface area contributed by atoms with Crippen molar-refractivity contribution in [2.45, 2.75) is 6.92 Å². The molecule has 2 aromatic carbocycles. The van der Waals surface area contributed by atoms with Gasteiger partial charge < -0.3 is 19.3 Å². The van der Waals surface area contributed by atoms with Gasteiger partial charge in [0.2, 0.25) is 5.78 Å². The van der Waals surface area contributed by atoms with E-state index in [9.17, 15) is 9.59 Å². The average Bonchev–Trinajstić information content (AvgIpc) is 2.92. The Bertz CT molecular complexity index is 881. The Kier molecular flexibility index (Phi) is 4.43. The van der Waals surface area contributed by atoms with E-state index < -0.39 is 5.97 Å². The third kappa shape index (κ3) is 3.19. The monoisotopic (exact) mass is 340 g/mol. The SMILES string of the molecule is CCOc1ccc(OC)cc1C=C1Oc2ccc(C(=O)O)cc2C1=O. The molecule has 0 aromatic heterocycles. The number of carbonyl (C=O) groups is 2. The molecule has 3 rings (SSSR count). The topological polar surface area (TPSA) is 82.1 Å². The van der Waals surface area contributed by atoms with Crippen molar-refractivity contribution in [3.8, 4) is 17.2 Å². The molecule has 0 spiro atoms. The summed E-state index contributed by atoms with van der Waals surface area (Å²) < 4.78 is 16.4. The summed E-state index contributed by atoms with van der Waals surface area (Å²) in [6, 6.07) is 9.44. The molecule has 1 aliphatic rings. The summed E-state index contributed by atoms with van der Waals surface area (Å²) in [7, 11) is 1.55. The molecule has 0 fully saturated rings. The highest BCUT2D eigenvalue weighted by atomic mass is 16.5. The first kappa shape index (κ1) is 16.6. The van der Waals surface area contributed by atoms with E-state index in [1.807, 2.05) is 6.92 Å². The lowest BCUT2D eigenvalue weighted by Gasteiger charge is -2.09. The molecular weight excluding hydrogens is 324 g/mol. The summed E-state index contributed by atoms with van der Waals surface area (Å²) in [4.78, 5) is 23.6. The van der Waals surface area contributed by atoms with Gasteiger partial charge in [0.05, 0.1) is 24.8 Å². The van der Waals surface area contributed by atoms with Crippen LogP contribution in [0.15, 0.2) is 42.2 Å². The molecule has 0 saturated carbocycles. The molecule has 0 saturated heterocycles. The van der Waals surface area contributed by atoms with E-state index in [-0.39, 0.29) is 22.7 Å². The van der Waals surface area contributed by atoms with Gasteiger partial charge in [-0.05, 0) is 49.4 Å². The van der Waals surface area contributed by atoms with E-state index in [0.717, 1.165) is 0 Å². The number of methoxy groups -OCH3 is 1. The summed E-state index contributed by atoms with van der Waals surface area (Å²) in [6.07, 6.45) is 1.57. The summed E-state index contributed by atoms with van der Waals surface area (Å²) in [5, 5.41) is 9.06. The molecule has 0 atom stereocenters. The number of ether oxygens (including phenoxy) is 3. The minimum Gasteiger partial charge on any atom is -0.497 e. The van der Waals surface area contributed by atoms with E-state index in [2.05, 4.69) is 0 Å². The Morgan fingerprint density at radius 3 is 2.72 bits per heavy atom. The maximum absolute atomic E-state index is 12.5. The minimum atomic E-state index is -1.10. The van der Waals surface area contributed by atoms with Gasteiger partial charge in [0, 0.05) is 5.56 Å². The van der Waals surface area contributed by atoms with Crippen molar-refractivity contribution in [2.24, 2.45) is 0 Å². The van der Waals surface area contributed by atoms with Gasteiger partial charge >= 0.3 is 5.97 Å². The highest BCUT2D eigenvalue weighted by molar-refractivity contribution is 6.15. The zero-order chi connectivity index (χ0) is 18.0. The van der Waals surface area contributed by atoms with Crippen LogP contribution in [0.1, 0.15) is 33.2 Å². The van der Waals surface area contributed by atoms with Crippen molar-refractivity contribution in [3.63, 3.8) is 0 Å². The lowest BCUT2D eigenvalue weighted by Crippen LogP contribution is -2.01. The molecule has 1 aliphatic heterocycles. The Hall–Kier alpha value is -3.28. The van der Waals surface area contributed by atoms with Gasteiger partial charge in [0.15, 0.2) is 5.76 Å². The molecule has 1 heterocycles. The number of hydrogen-bond donors (Lipinski definition) is 1. The van der Waals surface area contributed by atoms with E-state index in [1.165, 1.54) is 18.2 Å². The second-order valence-electron chi connectivity index (χ2n) is 5.29. The lowest BCUT2D eigenvalue weighted by atomic mass is 10.1. The number of carboxylic acid groups (broad SMARTS) is 1. The summed E-state index contributed by atoms with van der Waals surface area (Å²) in [5.41, 5.74) is 0.899. The number of rotatable bonds is 5. The number of fused-ring (bicyclic) bond motifs is 1. The molecular formula is C19H16O6. The highest BCUT2D eigenvalue weighted by Gasteiger charge is 2.28. The zero-order valence-electron chi connectivity index (χ0n) is 13.7. The van der Waals surface area contributed by atoms with Crippen LogP contribution in [-0.2, 0) is 0 Å². The third-order valence-electron chi connectivity index (χ3n) is 3.72. The molecule has 128 valence electrons. The minimum absolute atomic E-state index is 0.0355. The molecule has 0 unspecified atom stereocenters. The van der Waals surface area contributed by atoms with Gasteiger partial charge in [0.25, 0.3) is 0 Å². The van der Waals surface area contributed by atoms with Crippen LogP contribution in [0, 0.1) is 0 Å². The predicted octanol–water partition coefficient (Wildman–Crippen LogP) is 3.41. The zero-order valence-corrected chi connectivity index (χ0v) is 13.7. The molecule has 0 bridgehead atoms. The van der Waals surface area contributed by atoms with Gasteiger partial charge in [-0.1, -0.05) is 0 Å². The summed E-state index contributed by atoms with van der Waals surface area (Å²) in [5.74, 6) is 0.178. The van der Waals surface area contributed by atoms with Crippen molar-refractivity contribution in [1.82, 2.24) is 0 Å². The fraction of sp³-hybridized carbons (Fsp3) is 0.158. The molecule has 2 aromatic rings. The number of carboxylic acids is 1. The van der Waals surface area contributed by atoms with Crippen molar-refractivity contribution in [3.05, 3.63) is 58.8 Å². The molecule has 1 N–H and O–H groups in total. The van der Waals surface area contributed by atoms with Gasteiger partial charge in [-0.15, -0.1) is 0 Å². The molecule has 0 radical (unpaired) electrons. The Labute approximate surface area is 144 Å². The van der Waals surface area contributed by atoms with Crippen LogP contribution in [0.3, 0.4) is 0 Å². The maximum Gasteiger partial charge on any atom is 0.335 e. The number of benzene rings is 2. The molecule has 25 heavy (non-hydrogen) atoms. The average molecular weight is 340 g/mol. The van der Waals surface area contributed by atoms with Crippen LogP contribution < -0.4 is 14.2 Å². The normalized spacial score (nSPS) is 14.2. The standard InChI is InChI=1S/C19H16O6/c1-3-24-15-7-5-13(23-2)8-12(15)10-17-18(20)14-9-11(19(21)22)4-6-16(14)25-17/h4-10H,3H2,1-2H3,(H,21,22). The van der Waals surface area contributed by atoms with Crippen LogP contribution in [0.25, 0.3) is 6.08 Å². The number of carbonyl (C=O) groups excluding carboxylic acids is 1. The second kappa shape index (κ2) is 6.68. The first-order chi connectivity index (χ1) is 12.0. The van der Waals surface area contributed by atoms with E-state index >= 15 is 0 Å².